The van der Waals surface area contributed by atoms with Crippen molar-refractivity contribution in [2.45, 2.75) is 32.7 Å². The van der Waals surface area contributed by atoms with Crippen LogP contribution in [0.3, 0.4) is 0 Å². The SMILES string of the molecule is CCC(C)(C)NC(=O)NCC(=O)O. The molecule has 3 N–H and O–H groups in total. The van der Waals surface area contributed by atoms with Crippen molar-refractivity contribution in [1.82, 2.24) is 10.6 Å². The summed E-state index contributed by atoms with van der Waals surface area (Å²) >= 11 is 0. The number of hydrogen-bond donors (Lipinski definition) is 3. The zero-order valence-electron chi connectivity index (χ0n) is 8.18. The van der Waals surface area contributed by atoms with E-state index < -0.39 is 12.0 Å². The third kappa shape index (κ3) is 5.95. The van der Waals surface area contributed by atoms with Gasteiger partial charge in [-0.1, -0.05) is 6.92 Å². The van der Waals surface area contributed by atoms with E-state index in [2.05, 4.69) is 10.6 Å². The van der Waals surface area contributed by atoms with Crippen LogP contribution in [0.1, 0.15) is 27.2 Å². The molecule has 0 heterocycles. The Morgan fingerprint density at radius 1 is 1.38 bits per heavy atom. The van der Waals surface area contributed by atoms with Gasteiger partial charge in [-0.2, -0.15) is 0 Å². The standard InChI is InChI=1S/C8H16N2O3/c1-4-8(2,3)10-7(13)9-5-6(11)12/h4-5H2,1-3H3,(H,11,12)(H2,9,10,13). The van der Waals surface area contributed by atoms with Crippen LogP contribution in [0.15, 0.2) is 0 Å². The maximum absolute atomic E-state index is 11.0. The van der Waals surface area contributed by atoms with Gasteiger partial charge in [-0.3, -0.25) is 4.79 Å². The van der Waals surface area contributed by atoms with Crippen LogP contribution < -0.4 is 10.6 Å². The summed E-state index contributed by atoms with van der Waals surface area (Å²) in [6, 6.07) is -0.450. The van der Waals surface area contributed by atoms with Gasteiger partial charge in [-0.25, -0.2) is 4.79 Å². The molecule has 0 saturated heterocycles. The first kappa shape index (κ1) is 11.7. The maximum atomic E-state index is 11.0. The normalized spacial score (nSPS) is 10.7. The molecule has 0 aliphatic rings. The molecular formula is C8H16N2O3. The van der Waals surface area contributed by atoms with Crippen molar-refractivity contribution in [3.8, 4) is 0 Å². The van der Waals surface area contributed by atoms with E-state index >= 15 is 0 Å². The van der Waals surface area contributed by atoms with E-state index in [9.17, 15) is 9.59 Å². The molecule has 0 radical (unpaired) electrons. The third-order valence-electron chi connectivity index (χ3n) is 1.74. The average molecular weight is 188 g/mol. The molecule has 0 atom stereocenters. The highest BCUT2D eigenvalue weighted by molar-refractivity contribution is 5.80. The van der Waals surface area contributed by atoms with Gasteiger partial charge in [0.2, 0.25) is 0 Å². The Balaban J connectivity index is 3.81. The molecule has 0 aliphatic heterocycles. The van der Waals surface area contributed by atoms with Gasteiger partial charge in [0, 0.05) is 5.54 Å². The van der Waals surface area contributed by atoms with E-state index in [1.807, 2.05) is 20.8 Å². The van der Waals surface area contributed by atoms with Gasteiger partial charge in [0.25, 0.3) is 0 Å². The lowest BCUT2D eigenvalue weighted by Crippen LogP contribution is -2.48. The predicted molar refractivity (Wildman–Crippen MR) is 48.5 cm³/mol. The van der Waals surface area contributed by atoms with Crippen molar-refractivity contribution in [3.05, 3.63) is 0 Å². The summed E-state index contributed by atoms with van der Waals surface area (Å²) in [4.78, 5) is 21.1. The molecule has 13 heavy (non-hydrogen) atoms. The third-order valence-corrected chi connectivity index (χ3v) is 1.74. The van der Waals surface area contributed by atoms with Crippen molar-refractivity contribution in [2.24, 2.45) is 0 Å². The van der Waals surface area contributed by atoms with Crippen LogP contribution in [0.2, 0.25) is 0 Å². The molecule has 5 heteroatoms. The fourth-order valence-electron chi connectivity index (χ4n) is 0.596. The largest absolute Gasteiger partial charge is 0.480 e. The summed E-state index contributed by atoms with van der Waals surface area (Å²) in [6.07, 6.45) is 0.785. The molecule has 0 aromatic carbocycles. The smallest absolute Gasteiger partial charge is 0.323 e. The van der Waals surface area contributed by atoms with E-state index in [0.29, 0.717) is 0 Å². The van der Waals surface area contributed by atoms with E-state index in [1.165, 1.54) is 0 Å². The summed E-state index contributed by atoms with van der Waals surface area (Å²) in [5, 5.41) is 13.1. The number of aliphatic carboxylic acids is 1. The molecule has 76 valence electrons. The van der Waals surface area contributed by atoms with Gasteiger partial charge < -0.3 is 15.7 Å². The summed E-state index contributed by atoms with van der Waals surface area (Å²) in [6.45, 7) is 5.32. The zero-order chi connectivity index (χ0) is 10.5. The molecule has 0 unspecified atom stereocenters. The lowest BCUT2D eigenvalue weighted by Gasteiger charge is -2.24. The number of carbonyl (C=O) groups excluding carboxylic acids is 1. The highest BCUT2D eigenvalue weighted by Gasteiger charge is 2.17. The molecule has 5 nitrogen and oxygen atoms in total. The topological polar surface area (TPSA) is 78.4 Å². The highest BCUT2D eigenvalue weighted by Crippen LogP contribution is 2.05. The number of carbonyl (C=O) groups is 2. The minimum Gasteiger partial charge on any atom is -0.480 e. The molecule has 0 rings (SSSR count). The Bertz CT molecular complexity index is 202. The molecule has 0 spiro atoms. The van der Waals surface area contributed by atoms with Gasteiger partial charge in [0.05, 0.1) is 0 Å². The first-order valence-corrected chi connectivity index (χ1v) is 4.15. The van der Waals surface area contributed by atoms with Gasteiger partial charge in [0.15, 0.2) is 0 Å². The fourth-order valence-corrected chi connectivity index (χ4v) is 0.596. The number of hydrogen-bond acceptors (Lipinski definition) is 2. The Morgan fingerprint density at radius 3 is 2.31 bits per heavy atom. The lowest BCUT2D eigenvalue weighted by molar-refractivity contribution is -0.135. The van der Waals surface area contributed by atoms with Crippen molar-refractivity contribution in [2.75, 3.05) is 6.54 Å². The van der Waals surface area contributed by atoms with Gasteiger partial charge >= 0.3 is 12.0 Å². The number of urea groups is 1. The van der Waals surface area contributed by atoms with Crippen LogP contribution >= 0.6 is 0 Å². The molecule has 0 aromatic rings. The second kappa shape index (κ2) is 4.69. The Kier molecular flexibility index (Phi) is 4.23. The van der Waals surface area contributed by atoms with E-state index in [0.717, 1.165) is 6.42 Å². The summed E-state index contributed by atoms with van der Waals surface area (Å²) in [7, 11) is 0. The number of amides is 2. The van der Waals surface area contributed by atoms with Gasteiger partial charge in [-0.15, -0.1) is 0 Å². The monoisotopic (exact) mass is 188 g/mol. The number of nitrogens with one attached hydrogen (secondary N) is 2. The zero-order valence-corrected chi connectivity index (χ0v) is 8.18. The van der Waals surface area contributed by atoms with Gasteiger partial charge in [-0.05, 0) is 20.3 Å². The first-order chi connectivity index (χ1) is 5.87. The van der Waals surface area contributed by atoms with Gasteiger partial charge in [0.1, 0.15) is 6.54 Å². The van der Waals surface area contributed by atoms with Crippen LogP contribution in [0.25, 0.3) is 0 Å². The molecule has 0 aliphatic carbocycles. The molecule has 0 aromatic heterocycles. The van der Waals surface area contributed by atoms with E-state index in [-0.39, 0.29) is 12.1 Å². The fraction of sp³-hybridized carbons (Fsp3) is 0.750. The van der Waals surface area contributed by atoms with E-state index in [1.54, 1.807) is 0 Å². The van der Waals surface area contributed by atoms with Crippen molar-refractivity contribution < 1.29 is 14.7 Å². The Hall–Kier alpha value is -1.26. The van der Waals surface area contributed by atoms with Crippen LogP contribution in [0.5, 0.6) is 0 Å². The van der Waals surface area contributed by atoms with Crippen molar-refractivity contribution >= 4 is 12.0 Å². The van der Waals surface area contributed by atoms with Crippen LogP contribution in [-0.4, -0.2) is 29.2 Å². The minimum absolute atomic E-state index is 0.303. The number of carboxylic acids is 1. The van der Waals surface area contributed by atoms with Crippen molar-refractivity contribution in [3.63, 3.8) is 0 Å². The van der Waals surface area contributed by atoms with Crippen molar-refractivity contribution in [1.29, 1.82) is 0 Å². The molecule has 0 bridgehead atoms. The summed E-state index contributed by atoms with van der Waals surface area (Å²) in [5.74, 6) is -1.05. The minimum atomic E-state index is -1.05. The first-order valence-electron chi connectivity index (χ1n) is 4.15. The quantitative estimate of drug-likeness (QED) is 0.603. The molecule has 2 amide bonds. The van der Waals surface area contributed by atoms with E-state index in [4.69, 9.17) is 5.11 Å². The summed E-state index contributed by atoms with van der Waals surface area (Å²) in [5.41, 5.74) is -0.303. The second-order valence-electron chi connectivity index (χ2n) is 3.44. The predicted octanol–water partition coefficient (Wildman–Crippen LogP) is 0.559. The molecular weight excluding hydrogens is 172 g/mol. The van der Waals surface area contributed by atoms with Crippen LogP contribution in [0.4, 0.5) is 4.79 Å². The highest BCUT2D eigenvalue weighted by atomic mass is 16.4. The second-order valence-corrected chi connectivity index (χ2v) is 3.44. The number of rotatable bonds is 4. The Labute approximate surface area is 77.5 Å². The molecule has 0 saturated carbocycles. The lowest BCUT2D eigenvalue weighted by atomic mass is 10.0. The number of carboxylic acid groups (broad SMARTS) is 1. The average Bonchev–Trinajstić information content (AvgIpc) is 2.00. The summed E-state index contributed by atoms with van der Waals surface area (Å²) < 4.78 is 0. The van der Waals surface area contributed by atoms with Crippen LogP contribution in [-0.2, 0) is 4.79 Å². The maximum Gasteiger partial charge on any atom is 0.323 e. The molecule has 0 fully saturated rings. The Morgan fingerprint density at radius 2 is 1.92 bits per heavy atom. The van der Waals surface area contributed by atoms with Crippen LogP contribution in [0, 0.1) is 0 Å².